The zero-order valence-electron chi connectivity index (χ0n) is 13.5. The third-order valence-corrected chi connectivity index (χ3v) is 8.74. The van der Waals surface area contributed by atoms with Crippen molar-refractivity contribution < 1.29 is 9.47 Å². The van der Waals surface area contributed by atoms with Crippen LogP contribution in [0, 0.1) is 11.8 Å². The molecule has 0 aromatic carbocycles. The largest absolute Gasteiger partial charge is 0.348 e. The maximum Gasteiger partial charge on any atom is 0.168 e. The van der Waals surface area contributed by atoms with E-state index in [1.807, 2.05) is 0 Å². The average molecular weight is 341 g/mol. The van der Waals surface area contributed by atoms with Gasteiger partial charge in [-0.15, -0.1) is 23.5 Å². The van der Waals surface area contributed by atoms with Crippen molar-refractivity contribution in [3.63, 3.8) is 0 Å². The summed E-state index contributed by atoms with van der Waals surface area (Å²) >= 11 is 4.26. The van der Waals surface area contributed by atoms with E-state index in [2.05, 4.69) is 23.5 Å². The van der Waals surface area contributed by atoms with Gasteiger partial charge in [-0.25, -0.2) is 0 Å². The Bertz CT molecular complexity index is 401. The fraction of sp³-hybridized carbons (Fsp3) is 0.889. The first-order chi connectivity index (χ1) is 10.8. The Kier molecular flexibility index (Phi) is 5.11. The van der Waals surface area contributed by atoms with Crippen LogP contribution in [0.1, 0.15) is 57.8 Å². The molecule has 4 fully saturated rings. The fourth-order valence-corrected chi connectivity index (χ4v) is 7.42. The summed E-state index contributed by atoms with van der Waals surface area (Å²) in [6.07, 6.45) is 11.9. The molecule has 0 unspecified atom stereocenters. The lowest BCUT2D eigenvalue weighted by atomic mass is 9.71. The second-order valence-corrected chi connectivity index (χ2v) is 9.69. The van der Waals surface area contributed by atoms with Crippen LogP contribution in [0.25, 0.3) is 0 Å². The van der Waals surface area contributed by atoms with Crippen molar-refractivity contribution in [2.45, 2.75) is 63.6 Å². The van der Waals surface area contributed by atoms with Crippen LogP contribution in [0.5, 0.6) is 0 Å². The van der Waals surface area contributed by atoms with Gasteiger partial charge in [0.05, 0.1) is 13.2 Å². The molecule has 0 bridgehead atoms. The summed E-state index contributed by atoms with van der Waals surface area (Å²) in [6.45, 7) is 1.61. The number of thioether (sulfide) groups is 2. The molecular formula is C18H28O2S2. The molecule has 0 atom stereocenters. The summed E-state index contributed by atoms with van der Waals surface area (Å²) < 4.78 is 13.5. The van der Waals surface area contributed by atoms with E-state index in [4.69, 9.17) is 9.47 Å². The summed E-state index contributed by atoms with van der Waals surface area (Å²) in [5.41, 5.74) is 1.79. The van der Waals surface area contributed by atoms with Crippen molar-refractivity contribution in [1.82, 2.24) is 0 Å². The fourth-order valence-electron chi connectivity index (χ4n) is 4.64. The maximum atomic E-state index is 5.88. The highest BCUT2D eigenvalue weighted by molar-refractivity contribution is 8.22. The molecule has 2 heterocycles. The lowest BCUT2D eigenvalue weighted by Crippen LogP contribution is -2.37. The van der Waals surface area contributed by atoms with Crippen molar-refractivity contribution in [2.75, 3.05) is 24.7 Å². The van der Waals surface area contributed by atoms with Gasteiger partial charge in [0.15, 0.2) is 5.79 Å². The summed E-state index contributed by atoms with van der Waals surface area (Å²) in [5.74, 6) is 4.41. The van der Waals surface area contributed by atoms with Gasteiger partial charge in [0.25, 0.3) is 0 Å². The lowest BCUT2D eigenvalue weighted by molar-refractivity contribution is -0.185. The van der Waals surface area contributed by atoms with Crippen LogP contribution in [0.4, 0.5) is 0 Å². The monoisotopic (exact) mass is 340 g/mol. The lowest BCUT2D eigenvalue weighted by Gasteiger charge is -2.40. The molecule has 4 rings (SSSR count). The van der Waals surface area contributed by atoms with Gasteiger partial charge < -0.3 is 9.47 Å². The zero-order valence-corrected chi connectivity index (χ0v) is 15.1. The molecule has 2 saturated carbocycles. The summed E-state index contributed by atoms with van der Waals surface area (Å²) in [4.78, 5) is 0. The summed E-state index contributed by atoms with van der Waals surface area (Å²) in [5, 5.41) is 0. The molecule has 2 aliphatic heterocycles. The predicted molar refractivity (Wildman–Crippen MR) is 95.1 cm³/mol. The first kappa shape index (κ1) is 15.9. The molecule has 0 aromatic rings. The predicted octanol–water partition coefficient (Wildman–Crippen LogP) is 5.19. The molecule has 1 spiro atoms. The Hall–Kier alpha value is 0.360. The molecular weight excluding hydrogens is 312 g/mol. The number of ether oxygens (including phenoxy) is 2. The molecule has 4 aliphatic rings. The van der Waals surface area contributed by atoms with Gasteiger partial charge in [0, 0.05) is 17.1 Å². The Morgan fingerprint density at radius 1 is 0.818 bits per heavy atom. The Balaban J connectivity index is 1.29. The van der Waals surface area contributed by atoms with Crippen molar-refractivity contribution in [2.24, 2.45) is 11.8 Å². The van der Waals surface area contributed by atoms with Crippen molar-refractivity contribution in [3.05, 3.63) is 9.81 Å². The quantitative estimate of drug-likeness (QED) is 0.653. The number of hydrogen-bond donors (Lipinski definition) is 0. The van der Waals surface area contributed by atoms with Crippen LogP contribution >= 0.6 is 23.5 Å². The Labute approximate surface area is 143 Å². The smallest absolute Gasteiger partial charge is 0.168 e. The second-order valence-electron chi connectivity index (χ2n) is 7.22. The van der Waals surface area contributed by atoms with Crippen molar-refractivity contribution in [1.29, 1.82) is 0 Å². The van der Waals surface area contributed by atoms with E-state index in [9.17, 15) is 0 Å². The van der Waals surface area contributed by atoms with Crippen LogP contribution in [-0.4, -0.2) is 30.5 Å². The molecule has 2 aliphatic carbocycles. The van der Waals surface area contributed by atoms with Crippen molar-refractivity contribution in [3.8, 4) is 0 Å². The molecule has 124 valence electrons. The average Bonchev–Trinajstić information content (AvgIpc) is 3.05. The van der Waals surface area contributed by atoms with E-state index in [-0.39, 0.29) is 5.79 Å². The second kappa shape index (κ2) is 7.08. The minimum atomic E-state index is -0.173. The summed E-state index contributed by atoms with van der Waals surface area (Å²) in [7, 11) is 0. The van der Waals surface area contributed by atoms with E-state index >= 15 is 0 Å². The van der Waals surface area contributed by atoms with E-state index in [0.29, 0.717) is 0 Å². The van der Waals surface area contributed by atoms with Gasteiger partial charge in [-0.1, -0.05) is 5.57 Å². The van der Waals surface area contributed by atoms with Crippen molar-refractivity contribution >= 4 is 23.5 Å². The Morgan fingerprint density at radius 3 is 2.05 bits per heavy atom. The van der Waals surface area contributed by atoms with Crippen LogP contribution in [-0.2, 0) is 9.47 Å². The highest BCUT2D eigenvalue weighted by Gasteiger charge is 2.42. The standard InChI is InChI=1S/C18H28O2S2/c1-12-21-17(22-13-1)16-4-2-14(3-5-16)15-6-8-18(9-7-15)19-10-11-20-18/h14-15H,1-13H2. The van der Waals surface area contributed by atoms with Gasteiger partial charge in [0.2, 0.25) is 0 Å². The first-order valence-corrected chi connectivity index (χ1v) is 11.1. The molecule has 0 radical (unpaired) electrons. The van der Waals surface area contributed by atoms with Gasteiger partial charge in [-0.2, -0.15) is 0 Å². The maximum absolute atomic E-state index is 5.88. The SMILES string of the molecule is C1CSC(=C2CCC(C3CCC4(CC3)OCCO4)CC2)SC1. The third kappa shape index (κ3) is 3.40. The van der Waals surface area contributed by atoms with Crippen LogP contribution < -0.4 is 0 Å². The third-order valence-electron chi connectivity index (χ3n) is 5.95. The molecule has 4 heteroatoms. The Morgan fingerprint density at radius 2 is 1.41 bits per heavy atom. The summed E-state index contributed by atoms with van der Waals surface area (Å²) in [6, 6.07) is 0. The van der Waals surface area contributed by atoms with Gasteiger partial charge in [0.1, 0.15) is 0 Å². The normalized spacial score (nSPS) is 33.5. The van der Waals surface area contributed by atoms with E-state index in [1.54, 1.807) is 9.81 Å². The van der Waals surface area contributed by atoms with Crippen LogP contribution in [0.3, 0.4) is 0 Å². The highest BCUT2D eigenvalue weighted by Crippen LogP contribution is 2.47. The highest BCUT2D eigenvalue weighted by atomic mass is 32.2. The van der Waals surface area contributed by atoms with Gasteiger partial charge >= 0.3 is 0 Å². The topological polar surface area (TPSA) is 18.5 Å². The molecule has 0 aromatic heterocycles. The van der Waals surface area contributed by atoms with Crippen LogP contribution in [0.2, 0.25) is 0 Å². The number of allylic oxidation sites excluding steroid dienone is 1. The minimum Gasteiger partial charge on any atom is -0.348 e. The zero-order chi connectivity index (χ0) is 14.8. The molecule has 2 saturated heterocycles. The molecule has 22 heavy (non-hydrogen) atoms. The van der Waals surface area contributed by atoms with E-state index in [1.165, 1.54) is 56.5 Å². The van der Waals surface area contributed by atoms with Gasteiger partial charge in [-0.05, 0) is 68.3 Å². The van der Waals surface area contributed by atoms with E-state index < -0.39 is 0 Å². The first-order valence-electron chi connectivity index (χ1n) is 9.10. The number of hydrogen-bond acceptors (Lipinski definition) is 4. The molecule has 2 nitrogen and oxygen atoms in total. The minimum absolute atomic E-state index is 0.173. The van der Waals surface area contributed by atoms with E-state index in [0.717, 1.165) is 37.9 Å². The molecule has 0 N–H and O–H groups in total. The number of rotatable bonds is 1. The van der Waals surface area contributed by atoms with Gasteiger partial charge in [-0.3, -0.25) is 0 Å². The molecule has 0 amide bonds. The van der Waals surface area contributed by atoms with Crippen LogP contribution in [0.15, 0.2) is 9.81 Å².